The lowest BCUT2D eigenvalue weighted by molar-refractivity contribution is -0.134. The first kappa shape index (κ1) is 26.7. The third-order valence-corrected chi connectivity index (χ3v) is 7.40. The van der Waals surface area contributed by atoms with Crippen LogP contribution in [0.4, 0.5) is 10.1 Å². The summed E-state index contributed by atoms with van der Waals surface area (Å²) in [5.41, 5.74) is 2.01. The van der Waals surface area contributed by atoms with Crippen molar-refractivity contribution in [2.45, 2.75) is 12.1 Å². The van der Waals surface area contributed by atoms with Crippen LogP contribution >= 0.6 is 34.8 Å². The fraction of sp³-hybridized carbons (Fsp3) is 0.240. The van der Waals surface area contributed by atoms with Gasteiger partial charge >= 0.3 is 0 Å². The van der Waals surface area contributed by atoms with E-state index >= 15 is 0 Å². The van der Waals surface area contributed by atoms with E-state index in [2.05, 4.69) is 9.62 Å². The number of nitrogens with zero attached hydrogens (tertiary/aromatic N) is 2. The van der Waals surface area contributed by atoms with Gasteiger partial charge in [-0.25, -0.2) is 12.8 Å². The highest BCUT2D eigenvalue weighted by Crippen LogP contribution is 2.37. The Balaban J connectivity index is 1.69. The molecule has 190 valence electrons. The van der Waals surface area contributed by atoms with Crippen molar-refractivity contribution in [3.8, 4) is 0 Å². The highest BCUT2D eigenvalue weighted by Gasteiger charge is 2.36. The number of carbonyl (C=O) groups excluding carboxylic acids is 1. The normalized spacial score (nSPS) is 17.2. The summed E-state index contributed by atoms with van der Waals surface area (Å²) in [4.78, 5) is 17.4. The number of sulfonamides is 1. The zero-order valence-corrected chi connectivity index (χ0v) is 22.3. The van der Waals surface area contributed by atoms with E-state index in [1.807, 2.05) is 18.2 Å². The number of nitrogens with one attached hydrogen (secondary N) is 1. The topological polar surface area (TPSA) is 69.7 Å². The van der Waals surface area contributed by atoms with E-state index in [1.165, 1.54) is 24.3 Å². The molecule has 1 saturated heterocycles. The van der Waals surface area contributed by atoms with Crippen LogP contribution in [0.1, 0.15) is 23.2 Å². The van der Waals surface area contributed by atoms with Gasteiger partial charge in [-0.2, -0.15) is 4.72 Å². The molecule has 3 aromatic carbocycles. The van der Waals surface area contributed by atoms with Crippen molar-refractivity contribution >= 4 is 56.4 Å². The molecular formula is C25H23Cl3FN3O3S. The van der Waals surface area contributed by atoms with Crippen LogP contribution in [0, 0.1) is 5.82 Å². The van der Waals surface area contributed by atoms with Gasteiger partial charge in [-0.15, -0.1) is 0 Å². The maximum atomic E-state index is 13.7. The van der Waals surface area contributed by atoms with Gasteiger partial charge in [-0.05, 0) is 53.6 Å². The van der Waals surface area contributed by atoms with Crippen LogP contribution in [-0.4, -0.2) is 45.1 Å². The lowest BCUT2D eigenvalue weighted by atomic mass is 9.99. The number of hydrogen-bond acceptors (Lipinski definition) is 4. The standard InChI is InChI=1S/C25H23Cl3FN3O3S/c1-36(34,35)30-24(17-4-9-20(29)10-5-17)25(33)31-12-13-32(22-11-8-19(27)14-21(22)28)23(15-31)16-2-6-18(26)7-3-16/h2-11,14,23-24,30H,12-13,15H2,1H3/t23-,24+/m0/s1. The number of benzene rings is 3. The number of carbonyl (C=O) groups is 1. The lowest BCUT2D eigenvalue weighted by Crippen LogP contribution is -2.53. The van der Waals surface area contributed by atoms with E-state index in [-0.39, 0.29) is 12.6 Å². The van der Waals surface area contributed by atoms with Gasteiger partial charge in [-0.1, -0.05) is 59.1 Å². The molecule has 0 saturated carbocycles. The van der Waals surface area contributed by atoms with Crippen molar-refractivity contribution in [1.29, 1.82) is 0 Å². The molecule has 6 nitrogen and oxygen atoms in total. The molecule has 1 aliphatic rings. The molecule has 1 aliphatic heterocycles. The maximum Gasteiger partial charge on any atom is 0.245 e. The molecule has 36 heavy (non-hydrogen) atoms. The molecule has 4 rings (SSSR count). The second-order valence-electron chi connectivity index (χ2n) is 8.52. The summed E-state index contributed by atoms with van der Waals surface area (Å²) in [6.07, 6.45) is 0.980. The Morgan fingerprint density at radius 2 is 1.61 bits per heavy atom. The fourth-order valence-corrected chi connectivity index (χ4v) is 5.58. The summed E-state index contributed by atoms with van der Waals surface area (Å²) in [6, 6.07) is 16.2. The van der Waals surface area contributed by atoms with Gasteiger partial charge in [0.15, 0.2) is 0 Å². The molecule has 0 spiro atoms. The van der Waals surface area contributed by atoms with Crippen molar-refractivity contribution in [2.24, 2.45) is 0 Å². The predicted molar refractivity (Wildman–Crippen MR) is 142 cm³/mol. The Kier molecular flexibility index (Phi) is 8.12. The van der Waals surface area contributed by atoms with E-state index < -0.39 is 27.8 Å². The number of rotatable bonds is 6. The molecule has 0 aliphatic carbocycles. The number of amides is 1. The minimum atomic E-state index is -3.75. The smallest absolute Gasteiger partial charge is 0.245 e. The molecular weight excluding hydrogens is 548 g/mol. The Hall–Kier alpha value is -2.36. The van der Waals surface area contributed by atoms with Gasteiger partial charge < -0.3 is 9.80 Å². The molecule has 11 heteroatoms. The molecule has 0 aromatic heterocycles. The minimum absolute atomic E-state index is 0.253. The van der Waals surface area contributed by atoms with Crippen LogP contribution in [0.25, 0.3) is 0 Å². The van der Waals surface area contributed by atoms with E-state index in [1.54, 1.807) is 29.2 Å². The Labute approximate surface area is 224 Å². The minimum Gasteiger partial charge on any atom is -0.360 e. The molecule has 0 bridgehead atoms. The maximum absolute atomic E-state index is 13.7. The average molecular weight is 571 g/mol. The highest BCUT2D eigenvalue weighted by molar-refractivity contribution is 7.88. The summed E-state index contributed by atoms with van der Waals surface area (Å²) < 4.78 is 40.1. The predicted octanol–water partition coefficient (Wildman–Crippen LogP) is 5.47. The molecule has 1 N–H and O–H groups in total. The van der Waals surface area contributed by atoms with Crippen molar-refractivity contribution in [2.75, 3.05) is 30.8 Å². The molecule has 0 radical (unpaired) electrons. The van der Waals surface area contributed by atoms with E-state index in [4.69, 9.17) is 34.8 Å². The number of halogens is 4. The van der Waals surface area contributed by atoms with Gasteiger partial charge in [-0.3, -0.25) is 4.79 Å². The van der Waals surface area contributed by atoms with Crippen molar-refractivity contribution in [3.05, 3.63) is 98.7 Å². The summed E-state index contributed by atoms with van der Waals surface area (Å²) >= 11 is 18.7. The molecule has 0 unspecified atom stereocenters. The summed E-state index contributed by atoms with van der Waals surface area (Å²) in [7, 11) is -3.75. The molecule has 3 aromatic rings. The first-order chi connectivity index (χ1) is 17.0. The summed E-state index contributed by atoms with van der Waals surface area (Å²) in [5, 5.41) is 1.56. The first-order valence-corrected chi connectivity index (χ1v) is 14.0. The van der Waals surface area contributed by atoms with Gasteiger partial charge in [0.25, 0.3) is 0 Å². The Bertz CT molecular complexity index is 1360. The van der Waals surface area contributed by atoms with Gasteiger partial charge in [0.05, 0.1) is 23.0 Å². The second kappa shape index (κ2) is 10.9. The van der Waals surface area contributed by atoms with Crippen molar-refractivity contribution < 1.29 is 17.6 Å². The molecule has 1 fully saturated rings. The van der Waals surface area contributed by atoms with E-state index in [0.717, 1.165) is 17.5 Å². The van der Waals surface area contributed by atoms with E-state index in [0.29, 0.717) is 33.7 Å². The van der Waals surface area contributed by atoms with Crippen molar-refractivity contribution in [1.82, 2.24) is 9.62 Å². The van der Waals surface area contributed by atoms with E-state index in [9.17, 15) is 17.6 Å². The summed E-state index contributed by atoms with van der Waals surface area (Å²) in [5.74, 6) is -0.923. The fourth-order valence-electron chi connectivity index (χ4n) is 4.27. The Morgan fingerprint density at radius 3 is 2.22 bits per heavy atom. The Morgan fingerprint density at radius 1 is 0.972 bits per heavy atom. The summed E-state index contributed by atoms with van der Waals surface area (Å²) in [6.45, 7) is 0.989. The second-order valence-corrected chi connectivity index (χ2v) is 11.6. The third-order valence-electron chi connectivity index (χ3n) is 5.95. The quantitative estimate of drug-likeness (QED) is 0.427. The molecule has 1 heterocycles. The highest BCUT2D eigenvalue weighted by atomic mass is 35.5. The first-order valence-electron chi connectivity index (χ1n) is 11.0. The van der Waals surface area contributed by atoms with Crippen molar-refractivity contribution in [3.63, 3.8) is 0 Å². The van der Waals surface area contributed by atoms with Crippen LogP contribution in [0.5, 0.6) is 0 Å². The number of hydrogen-bond donors (Lipinski definition) is 1. The average Bonchev–Trinajstić information content (AvgIpc) is 2.82. The van der Waals surface area contributed by atoms with Gasteiger partial charge in [0, 0.05) is 29.7 Å². The monoisotopic (exact) mass is 569 g/mol. The van der Waals surface area contributed by atoms with Crippen LogP contribution in [-0.2, 0) is 14.8 Å². The zero-order valence-electron chi connectivity index (χ0n) is 19.2. The SMILES string of the molecule is CS(=O)(=O)N[C@@H](C(=O)N1CCN(c2ccc(Cl)cc2Cl)[C@H](c2ccc(Cl)cc2)C1)c1ccc(F)cc1. The largest absolute Gasteiger partial charge is 0.360 e. The molecule has 1 amide bonds. The van der Waals surface area contributed by atoms with Crippen LogP contribution in [0.15, 0.2) is 66.7 Å². The van der Waals surface area contributed by atoms with Crippen LogP contribution < -0.4 is 9.62 Å². The van der Waals surface area contributed by atoms with Gasteiger partial charge in [0.2, 0.25) is 15.9 Å². The zero-order chi connectivity index (χ0) is 26.0. The number of piperazine rings is 1. The van der Waals surface area contributed by atoms with Crippen LogP contribution in [0.2, 0.25) is 15.1 Å². The van der Waals surface area contributed by atoms with Crippen LogP contribution in [0.3, 0.4) is 0 Å². The lowest BCUT2D eigenvalue weighted by Gasteiger charge is -2.44. The third kappa shape index (κ3) is 6.30. The number of anilines is 1. The van der Waals surface area contributed by atoms with Gasteiger partial charge in [0.1, 0.15) is 11.9 Å². The molecule has 2 atom stereocenters.